The first-order chi connectivity index (χ1) is 8.13. The first-order valence-corrected chi connectivity index (χ1v) is 5.98. The molecule has 0 aliphatic heterocycles. The van der Waals surface area contributed by atoms with Crippen molar-refractivity contribution >= 4 is 11.0 Å². The number of fused-ring (bicyclic) bond motifs is 1. The molecule has 92 valence electrons. The summed E-state index contributed by atoms with van der Waals surface area (Å²) in [6.45, 7) is 3.93. The van der Waals surface area contributed by atoms with Gasteiger partial charge in [0.25, 0.3) is 0 Å². The fourth-order valence-electron chi connectivity index (χ4n) is 2.02. The van der Waals surface area contributed by atoms with Gasteiger partial charge in [0.2, 0.25) is 0 Å². The van der Waals surface area contributed by atoms with Crippen LogP contribution in [0.25, 0.3) is 11.0 Å². The summed E-state index contributed by atoms with van der Waals surface area (Å²) in [5.41, 5.74) is 1.82. The maximum atomic E-state index is 9.97. The molecule has 3 nitrogen and oxygen atoms in total. The highest BCUT2D eigenvalue weighted by atomic mass is 16.4. The molecule has 2 rings (SSSR count). The lowest BCUT2D eigenvalue weighted by Gasteiger charge is -2.14. The molecule has 3 heteroatoms. The van der Waals surface area contributed by atoms with Crippen LogP contribution in [0.2, 0.25) is 0 Å². The molecule has 0 aliphatic carbocycles. The van der Waals surface area contributed by atoms with Crippen molar-refractivity contribution in [3.63, 3.8) is 0 Å². The number of hydrogen-bond acceptors (Lipinski definition) is 3. The fourth-order valence-corrected chi connectivity index (χ4v) is 2.02. The number of rotatable bonds is 4. The van der Waals surface area contributed by atoms with Crippen molar-refractivity contribution in [2.45, 2.75) is 38.9 Å². The molecule has 0 aliphatic rings. The summed E-state index contributed by atoms with van der Waals surface area (Å²) in [4.78, 5) is 0. The molecule has 1 aromatic carbocycles. The molecule has 0 bridgehead atoms. The van der Waals surface area contributed by atoms with Gasteiger partial charge >= 0.3 is 0 Å². The van der Waals surface area contributed by atoms with E-state index in [-0.39, 0.29) is 0 Å². The third-order valence-corrected chi connectivity index (χ3v) is 3.00. The Hall–Kier alpha value is -1.32. The third-order valence-electron chi connectivity index (χ3n) is 3.00. The van der Waals surface area contributed by atoms with Gasteiger partial charge < -0.3 is 14.6 Å². The molecule has 0 saturated heterocycles. The van der Waals surface area contributed by atoms with Crippen LogP contribution < -0.4 is 0 Å². The summed E-state index contributed by atoms with van der Waals surface area (Å²) in [5.74, 6) is 0.440. The van der Waals surface area contributed by atoms with Gasteiger partial charge in [-0.25, -0.2) is 0 Å². The second-order valence-electron chi connectivity index (χ2n) is 4.44. The Morgan fingerprint density at radius 3 is 2.71 bits per heavy atom. The quantitative estimate of drug-likeness (QED) is 0.855. The van der Waals surface area contributed by atoms with Crippen LogP contribution in [0.1, 0.15) is 37.2 Å². The number of aryl methyl sites for hydroxylation is 1. The standard InChI is InChI=1S/C14H18O3/c1-3-5-11(15)13(16)12-8-10-7-4-6-9(2)14(10)17-12/h4,6-8,11,13,15-16H,3,5H2,1-2H3. The van der Waals surface area contributed by atoms with Crippen LogP contribution in [-0.2, 0) is 0 Å². The molecule has 2 N–H and O–H groups in total. The van der Waals surface area contributed by atoms with Crippen LogP contribution in [0.15, 0.2) is 28.7 Å². The Morgan fingerprint density at radius 2 is 2.06 bits per heavy atom. The molecule has 2 atom stereocenters. The summed E-state index contributed by atoms with van der Waals surface area (Å²) >= 11 is 0. The second kappa shape index (κ2) is 4.90. The summed E-state index contributed by atoms with van der Waals surface area (Å²) in [5, 5.41) is 20.7. The topological polar surface area (TPSA) is 53.6 Å². The average molecular weight is 234 g/mol. The van der Waals surface area contributed by atoms with E-state index in [1.807, 2.05) is 32.0 Å². The van der Waals surface area contributed by atoms with Crippen molar-refractivity contribution in [1.29, 1.82) is 0 Å². The zero-order valence-corrected chi connectivity index (χ0v) is 10.2. The van der Waals surface area contributed by atoms with Crippen molar-refractivity contribution in [3.05, 3.63) is 35.6 Å². The lowest BCUT2D eigenvalue weighted by Crippen LogP contribution is -2.17. The van der Waals surface area contributed by atoms with Gasteiger partial charge in [-0.1, -0.05) is 31.5 Å². The smallest absolute Gasteiger partial charge is 0.137 e. The molecule has 0 saturated carbocycles. The number of furan rings is 1. The second-order valence-corrected chi connectivity index (χ2v) is 4.44. The van der Waals surface area contributed by atoms with Crippen LogP contribution in [-0.4, -0.2) is 16.3 Å². The molecular formula is C14H18O3. The molecule has 0 amide bonds. The predicted molar refractivity (Wildman–Crippen MR) is 66.8 cm³/mol. The molecule has 0 fully saturated rings. The fraction of sp³-hybridized carbons (Fsp3) is 0.429. The SMILES string of the molecule is CCCC(O)C(O)c1cc2cccc(C)c2o1. The van der Waals surface area contributed by atoms with Gasteiger partial charge in [-0.2, -0.15) is 0 Å². The number of benzene rings is 1. The molecular weight excluding hydrogens is 216 g/mol. The van der Waals surface area contributed by atoms with Gasteiger partial charge in [0.05, 0.1) is 6.10 Å². The highest BCUT2D eigenvalue weighted by Gasteiger charge is 2.21. The molecule has 2 aromatic rings. The normalized spacial score (nSPS) is 15.1. The Labute approximate surface area is 101 Å². The lowest BCUT2D eigenvalue weighted by molar-refractivity contribution is 0.00149. The van der Waals surface area contributed by atoms with Gasteiger partial charge in [0.15, 0.2) is 0 Å². The van der Waals surface area contributed by atoms with Crippen LogP contribution in [0.3, 0.4) is 0 Å². The number of hydrogen-bond donors (Lipinski definition) is 2. The predicted octanol–water partition coefficient (Wildman–Crippen LogP) is 2.94. The van der Waals surface area contributed by atoms with E-state index < -0.39 is 12.2 Å². The van der Waals surface area contributed by atoms with E-state index in [4.69, 9.17) is 4.42 Å². The molecule has 2 unspecified atom stereocenters. The van der Waals surface area contributed by atoms with E-state index in [0.717, 1.165) is 23.0 Å². The minimum absolute atomic E-state index is 0.440. The van der Waals surface area contributed by atoms with E-state index in [2.05, 4.69) is 0 Å². The minimum Gasteiger partial charge on any atom is -0.458 e. The first kappa shape index (κ1) is 12.1. The van der Waals surface area contributed by atoms with Crippen LogP contribution in [0, 0.1) is 6.92 Å². The molecule has 1 aromatic heterocycles. The van der Waals surface area contributed by atoms with Crippen molar-refractivity contribution in [2.75, 3.05) is 0 Å². The van der Waals surface area contributed by atoms with Gasteiger partial charge in [-0.15, -0.1) is 0 Å². The maximum Gasteiger partial charge on any atom is 0.137 e. The summed E-state index contributed by atoms with van der Waals surface area (Å²) in [6, 6.07) is 7.65. The van der Waals surface area contributed by atoms with Crippen LogP contribution in [0.4, 0.5) is 0 Å². The summed E-state index contributed by atoms with van der Waals surface area (Å²) in [7, 11) is 0. The largest absolute Gasteiger partial charge is 0.458 e. The zero-order chi connectivity index (χ0) is 12.4. The first-order valence-electron chi connectivity index (χ1n) is 5.98. The summed E-state index contributed by atoms with van der Waals surface area (Å²) in [6.07, 6.45) is -0.308. The Bertz CT molecular complexity index is 501. The van der Waals surface area contributed by atoms with Crippen molar-refractivity contribution < 1.29 is 14.6 Å². The zero-order valence-electron chi connectivity index (χ0n) is 10.2. The van der Waals surface area contributed by atoms with Crippen molar-refractivity contribution in [3.8, 4) is 0 Å². The van der Waals surface area contributed by atoms with Gasteiger partial charge in [-0.05, 0) is 25.0 Å². The van der Waals surface area contributed by atoms with Gasteiger partial charge in [-0.3, -0.25) is 0 Å². The number of aliphatic hydroxyl groups is 2. The van der Waals surface area contributed by atoms with E-state index in [1.54, 1.807) is 6.07 Å². The lowest BCUT2D eigenvalue weighted by atomic mass is 10.1. The van der Waals surface area contributed by atoms with Crippen LogP contribution in [0.5, 0.6) is 0 Å². The molecule has 1 heterocycles. The van der Waals surface area contributed by atoms with Crippen LogP contribution >= 0.6 is 0 Å². The third kappa shape index (κ3) is 2.35. The van der Waals surface area contributed by atoms with E-state index in [0.29, 0.717) is 12.2 Å². The Kier molecular flexibility index (Phi) is 3.50. The Morgan fingerprint density at radius 1 is 1.29 bits per heavy atom. The Balaban J connectivity index is 2.33. The minimum atomic E-state index is -0.943. The van der Waals surface area contributed by atoms with Crippen molar-refractivity contribution in [2.24, 2.45) is 0 Å². The number of aliphatic hydroxyl groups excluding tert-OH is 2. The van der Waals surface area contributed by atoms with E-state index >= 15 is 0 Å². The molecule has 0 spiro atoms. The van der Waals surface area contributed by atoms with E-state index in [9.17, 15) is 10.2 Å². The van der Waals surface area contributed by atoms with Crippen molar-refractivity contribution in [1.82, 2.24) is 0 Å². The highest BCUT2D eigenvalue weighted by Crippen LogP contribution is 2.28. The highest BCUT2D eigenvalue weighted by molar-refractivity contribution is 5.80. The van der Waals surface area contributed by atoms with Gasteiger partial charge in [0.1, 0.15) is 17.4 Å². The average Bonchev–Trinajstić information content (AvgIpc) is 2.73. The molecule has 17 heavy (non-hydrogen) atoms. The number of para-hydroxylation sites is 1. The summed E-state index contributed by atoms with van der Waals surface area (Å²) < 4.78 is 5.62. The van der Waals surface area contributed by atoms with E-state index in [1.165, 1.54) is 0 Å². The molecule has 0 radical (unpaired) electrons. The maximum absolute atomic E-state index is 9.97. The van der Waals surface area contributed by atoms with Gasteiger partial charge in [0, 0.05) is 5.39 Å². The monoisotopic (exact) mass is 234 g/mol.